The molecule has 2 amide bonds. The third kappa shape index (κ3) is 7.97. The van der Waals surface area contributed by atoms with E-state index in [4.69, 9.17) is 27.9 Å². The largest absolute Gasteiger partial charge is 0.484 e. The summed E-state index contributed by atoms with van der Waals surface area (Å²) in [6.45, 7) is 3.69. The van der Waals surface area contributed by atoms with Gasteiger partial charge in [-0.2, -0.15) is 0 Å². The van der Waals surface area contributed by atoms with Gasteiger partial charge in [-0.1, -0.05) is 66.5 Å². The number of hydrogen-bond donors (Lipinski definition) is 1. The first-order valence-corrected chi connectivity index (χ1v) is 12.5. The quantitative estimate of drug-likeness (QED) is 0.327. The number of benzene rings is 3. The molecule has 0 saturated heterocycles. The fourth-order valence-electron chi connectivity index (χ4n) is 3.59. The van der Waals surface area contributed by atoms with E-state index in [2.05, 4.69) is 5.32 Å². The summed E-state index contributed by atoms with van der Waals surface area (Å²) in [6, 6.07) is 19.1. The zero-order chi connectivity index (χ0) is 26.1. The van der Waals surface area contributed by atoms with Crippen molar-refractivity contribution in [3.8, 4) is 5.75 Å². The second kappa shape index (κ2) is 13.3. The van der Waals surface area contributed by atoms with Crippen molar-refractivity contribution in [3.05, 3.63) is 99.8 Å². The van der Waals surface area contributed by atoms with Gasteiger partial charge in [-0.3, -0.25) is 9.59 Å². The minimum absolute atomic E-state index is 0.0619. The fourth-order valence-corrected chi connectivity index (χ4v) is 3.91. The SMILES string of the molecule is CCC(C)NC(=O)C(Cc1ccccc1)N(Cc1ccc(Cl)c(Cl)c1)C(=O)COc1ccc(F)cc1. The Morgan fingerprint density at radius 2 is 1.67 bits per heavy atom. The summed E-state index contributed by atoms with van der Waals surface area (Å²) in [5, 5.41) is 3.76. The first-order valence-electron chi connectivity index (χ1n) is 11.7. The van der Waals surface area contributed by atoms with Crippen molar-refractivity contribution in [1.29, 1.82) is 0 Å². The molecule has 5 nitrogen and oxygen atoms in total. The number of rotatable bonds is 11. The van der Waals surface area contributed by atoms with Crippen LogP contribution >= 0.6 is 23.2 Å². The molecule has 2 unspecified atom stereocenters. The highest BCUT2D eigenvalue weighted by Gasteiger charge is 2.31. The summed E-state index contributed by atoms with van der Waals surface area (Å²) in [4.78, 5) is 28.5. The Morgan fingerprint density at radius 1 is 0.972 bits per heavy atom. The number of amides is 2. The molecule has 0 aliphatic rings. The van der Waals surface area contributed by atoms with Crippen molar-refractivity contribution in [2.24, 2.45) is 0 Å². The topological polar surface area (TPSA) is 58.6 Å². The van der Waals surface area contributed by atoms with Gasteiger partial charge in [0.1, 0.15) is 17.6 Å². The summed E-state index contributed by atoms with van der Waals surface area (Å²) in [6.07, 6.45) is 1.06. The lowest BCUT2D eigenvalue weighted by molar-refractivity contribution is -0.143. The van der Waals surface area contributed by atoms with Crippen LogP contribution in [0.5, 0.6) is 5.75 Å². The standard InChI is InChI=1S/C28H29Cl2FN2O3/c1-3-19(2)32-28(35)26(16-20-7-5-4-6-8-20)33(17-21-9-14-24(29)25(30)15-21)27(34)18-36-23-12-10-22(31)11-13-23/h4-15,19,26H,3,16-18H2,1-2H3,(H,32,35). The molecule has 0 heterocycles. The van der Waals surface area contributed by atoms with Crippen molar-refractivity contribution < 1.29 is 18.7 Å². The van der Waals surface area contributed by atoms with E-state index in [9.17, 15) is 14.0 Å². The number of halogens is 3. The first kappa shape index (κ1) is 27.5. The van der Waals surface area contributed by atoms with Gasteiger partial charge in [0, 0.05) is 19.0 Å². The van der Waals surface area contributed by atoms with Gasteiger partial charge in [-0.25, -0.2) is 4.39 Å². The lowest BCUT2D eigenvalue weighted by Crippen LogP contribution is -2.53. The average molecular weight is 531 g/mol. The Morgan fingerprint density at radius 3 is 2.31 bits per heavy atom. The van der Waals surface area contributed by atoms with Gasteiger partial charge in [0.15, 0.2) is 6.61 Å². The summed E-state index contributed by atoms with van der Waals surface area (Å²) < 4.78 is 18.9. The van der Waals surface area contributed by atoms with Crippen molar-refractivity contribution >= 4 is 35.0 Å². The average Bonchev–Trinajstić information content (AvgIpc) is 2.88. The number of ether oxygens (including phenoxy) is 1. The van der Waals surface area contributed by atoms with Crippen molar-refractivity contribution in [2.75, 3.05) is 6.61 Å². The van der Waals surface area contributed by atoms with Gasteiger partial charge >= 0.3 is 0 Å². The van der Waals surface area contributed by atoms with Crippen LogP contribution in [0.2, 0.25) is 10.0 Å². The molecule has 8 heteroatoms. The zero-order valence-corrected chi connectivity index (χ0v) is 21.7. The molecule has 0 aliphatic heterocycles. The summed E-state index contributed by atoms with van der Waals surface area (Å²) >= 11 is 12.3. The lowest BCUT2D eigenvalue weighted by atomic mass is 10.0. The maximum Gasteiger partial charge on any atom is 0.261 e. The molecular formula is C28H29Cl2FN2O3. The van der Waals surface area contributed by atoms with Crippen LogP contribution < -0.4 is 10.1 Å². The molecule has 0 radical (unpaired) electrons. The molecule has 1 N–H and O–H groups in total. The van der Waals surface area contributed by atoms with E-state index < -0.39 is 17.8 Å². The van der Waals surface area contributed by atoms with Gasteiger partial charge in [0.05, 0.1) is 10.0 Å². The van der Waals surface area contributed by atoms with Gasteiger partial charge in [0.2, 0.25) is 5.91 Å². The Bertz CT molecular complexity index is 1160. The molecule has 0 spiro atoms. The van der Waals surface area contributed by atoms with Crippen LogP contribution in [-0.2, 0) is 22.6 Å². The van der Waals surface area contributed by atoms with Crippen LogP contribution in [0.15, 0.2) is 72.8 Å². The van der Waals surface area contributed by atoms with Crippen LogP contribution in [0, 0.1) is 5.82 Å². The number of carbonyl (C=O) groups is 2. The molecule has 0 aliphatic carbocycles. The highest BCUT2D eigenvalue weighted by atomic mass is 35.5. The molecule has 0 fully saturated rings. The maximum absolute atomic E-state index is 13.5. The summed E-state index contributed by atoms with van der Waals surface area (Å²) in [7, 11) is 0. The number of nitrogens with one attached hydrogen (secondary N) is 1. The van der Waals surface area contributed by atoms with E-state index in [0.29, 0.717) is 27.8 Å². The normalized spacial score (nSPS) is 12.5. The number of carbonyl (C=O) groups excluding carboxylic acids is 2. The third-order valence-corrected chi connectivity index (χ3v) is 6.52. The zero-order valence-electron chi connectivity index (χ0n) is 20.2. The monoisotopic (exact) mass is 530 g/mol. The predicted molar refractivity (Wildman–Crippen MR) is 141 cm³/mol. The van der Waals surface area contributed by atoms with Crippen LogP contribution in [0.1, 0.15) is 31.4 Å². The predicted octanol–water partition coefficient (Wildman–Crippen LogP) is 6.07. The van der Waals surface area contributed by atoms with Gasteiger partial charge in [-0.05, 0) is 60.9 Å². The molecule has 0 bridgehead atoms. The van der Waals surface area contributed by atoms with Gasteiger partial charge in [-0.15, -0.1) is 0 Å². The first-order chi connectivity index (χ1) is 17.3. The Kier molecular flexibility index (Phi) is 10.1. The minimum Gasteiger partial charge on any atom is -0.484 e. The fraction of sp³-hybridized carbons (Fsp3) is 0.286. The van der Waals surface area contributed by atoms with Crippen molar-refractivity contribution in [1.82, 2.24) is 10.2 Å². The molecule has 0 saturated carbocycles. The molecule has 36 heavy (non-hydrogen) atoms. The molecular weight excluding hydrogens is 502 g/mol. The van der Waals surface area contributed by atoms with E-state index in [0.717, 1.165) is 12.0 Å². The van der Waals surface area contributed by atoms with E-state index in [-0.39, 0.29) is 25.1 Å². The molecule has 0 aromatic heterocycles. The van der Waals surface area contributed by atoms with E-state index in [1.54, 1.807) is 18.2 Å². The second-order valence-corrected chi connectivity index (χ2v) is 9.35. The summed E-state index contributed by atoms with van der Waals surface area (Å²) in [5.74, 6) is -0.712. The third-order valence-electron chi connectivity index (χ3n) is 5.79. The number of hydrogen-bond acceptors (Lipinski definition) is 3. The molecule has 190 valence electrons. The second-order valence-electron chi connectivity index (χ2n) is 8.54. The summed E-state index contributed by atoms with van der Waals surface area (Å²) in [5.41, 5.74) is 1.63. The maximum atomic E-state index is 13.5. The molecule has 3 rings (SSSR count). The van der Waals surface area contributed by atoms with Crippen LogP contribution in [0.25, 0.3) is 0 Å². The number of nitrogens with zero attached hydrogens (tertiary/aromatic N) is 1. The van der Waals surface area contributed by atoms with Gasteiger partial charge in [0.25, 0.3) is 5.91 Å². The Labute approximate surface area is 221 Å². The van der Waals surface area contributed by atoms with E-state index >= 15 is 0 Å². The molecule has 3 aromatic rings. The highest BCUT2D eigenvalue weighted by molar-refractivity contribution is 6.42. The Balaban J connectivity index is 1.92. The smallest absolute Gasteiger partial charge is 0.261 e. The Hall–Kier alpha value is -3.09. The minimum atomic E-state index is -0.805. The molecule has 2 atom stereocenters. The van der Waals surface area contributed by atoms with Crippen molar-refractivity contribution in [2.45, 2.75) is 45.3 Å². The highest BCUT2D eigenvalue weighted by Crippen LogP contribution is 2.24. The van der Waals surface area contributed by atoms with Crippen LogP contribution in [-0.4, -0.2) is 35.4 Å². The van der Waals surface area contributed by atoms with Gasteiger partial charge < -0.3 is 15.0 Å². The lowest BCUT2D eigenvalue weighted by Gasteiger charge is -2.32. The van der Waals surface area contributed by atoms with E-state index in [1.807, 2.05) is 44.2 Å². The van der Waals surface area contributed by atoms with Crippen molar-refractivity contribution in [3.63, 3.8) is 0 Å². The van der Waals surface area contributed by atoms with Crippen LogP contribution in [0.3, 0.4) is 0 Å². The van der Waals surface area contributed by atoms with E-state index in [1.165, 1.54) is 29.2 Å². The molecule has 3 aromatic carbocycles. The van der Waals surface area contributed by atoms with Crippen LogP contribution in [0.4, 0.5) is 4.39 Å².